The van der Waals surface area contributed by atoms with Crippen molar-refractivity contribution in [2.75, 3.05) is 19.7 Å². The van der Waals surface area contributed by atoms with E-state index in [4.69, 9.17) is 4.74 Å². The minimum absolute atomic E-state index is 0.0165. The van der Waals surface area contributed by atoms with E-state index in [0.29, 0.717) is 6.61 Å². The Hall–Kier alpha value is -2.89. The smallest absolute Gasteiger partial charge is 0.259 e. The molecule has 0 radical (unpaired) electrons. The molecule has 0 saturated carbocycles. The highest BCUT2D eigenvalue weighted by atomic mass is 19.1. The maximum Gasteiger partial charge on any atom is 0.259 e. The first-order chi connectivity index (χ1) is 13.5. The number of amides is 2. The van der Waals surface area contributed by atoms with E-state index in [1.54, 1.807) is 0 Å². The molecule has 148 valence electrons. The SMILES string of the molecule is CCOc1ccc(CC(=O)N2CCC(F)(C(=O)NCc3ccccc3)C2)cc1. The summed E-state index contributed by atoms with van der Waals surface area (Å²) >= 11 is 0. The lowest BCUT2D eigenvalue weighted by Gasteiger charge is -2.20. The number of halogens is 1. The number of likely N-dealkylation sites (tertiary alicyclic amines) is 1. The Morgan fingerprint density at radius 2 is 1.82 bits per heavy atom. The maximum absolute atomic E-state index is 15.1. The summed E-state index contributed by atoms with van der Waals surface area (Å²) < 4.78 is 20.5. The van der Waals surface area contributed by atoms with Crippen LogP contribution < -0.4 is 10.1 Å². The van der Waals surface area contributed by atoms with Crippen LogP contribution in [-0.2, 0) is 22.6 Å². The van der Waals surface area contributed by atoms with Crippen LogP contribution in [0.3, 0.4) is 0 Å². The number of alkyl halides is 1. The molecule has 0 aromatic heterocycles. The van der Waals surface area contributed by atoms with E-state index in [9.17, 15) is 9.59 Å². The lowest BCUT2D eigenvalue weighted by Crippen LogP contribution is -2.46. The highest BCUT2D eigenvalue weighted by molar-refractivity contribution is 5.88. The van der Waals surface area contributed by atoms with Gasteiger partial charge in [0.2, 0.25) is 11.6 Å². The van der Waals surface area contributed by atoms with Crippen LogP contribution in [0.2, 0.25) is 0 Å². The van der Waals surface area contributed by atoms with Gasteiger partial charge in [0.25, 0.3) is 5.91 Å². The number of rotatable bonds is 7. The van der Waals surface area contributed by atoms with Crippen molar-refractivity contribution in [2.24, 2.45) is 0 Å². The van der Waals surface area contributed by atoms with Gasteiger partial charge in [-0.05, 0) is 30.2 Å². The van der Waals surface area contributed by atoms with E-state index in [1.165, 1.54) is 4.90 Å². The van der Waals surface area contributed by atoms with Crippen molar-refractivity contribution in [3.8, 4) is 5.75 Å². The molecule has 1 saturated heterocycles. The highest BCUT2D eigenvalue weighted by Gasteiger charge is 2.46. The third-order valence-corrected chi connectivity index (χ3v) is 4.86. The number of hydrogen-bond acceptors (Lipinski definition) is 3. The fourth-order valence-corrected chi connectivity index (χ4v) is 3.26. The number of hydrogen-bond donors (Lipinski definition) is 1. The molecule has 1 atom stereocenters. The van der Waals surface area contributed by atoms with Crippen molar-refractivity contribution in [1.82, 2.24) is 10.2 Å². The number of nitrogens with zero attached hydrogens (tertiary/aromatic N) is 1. The molecule has 1 heterocycles. The fourth-order valence-electron chi connectivity index (χ4n) is 3.26. The van der Waals surface area contributed by atoms with Crippen LogP contribution >= 0.6 is 0 Å². The van der Waals surface area contributed by atoms with Gasteiger partial charge in [-0.15, -0.1) is 0 Å². The van der Waals surface area contributed by atoms with Gasteiger partial charge in [0.15, 0.2) is 0 Å². The zero-order chi connectivity index (χ0) is 20.0. The van der Waals surface area contributed by atoms with Crippen molar-refractivity contribution in [2.45, 2.75) is 32.0 Å². The molecule has 2 aromatic carbocycles. The van der Waals surface area contributed by atoms with Crippen LogP contribution in [0, 0.1) is 0 Å². The Bertz CT molecular complexity index is 810. The molecule has 0 bridgehead atoms. The van der Waals surface area contributed by atoms with Gasteiger partial charge in [-0.2, -0.15) is 0 Å². The van der Waals surface area contributed by atoms with Crippen molar-refractivity contribution < 1.29 is 18.7 Å². The van der Waals surface area contributed by atoms with E-state index in [-0.39, 0.29) is 38.4 Å². The monoisotopic (exact) mass is 384 g/mol. The van der Waals surface area contributed by atoms with E-state index in [2.05, 4.69) is 5.32 Å². The zero-order valence-corrected chi connectivity index (χ0v) is 16.0. The molecule has 2 amide bonds. The third kappa shape index (κ3) is 4.88. The van der Waals surface area contributed by atoms with Crippen LogP contribution in [0.25, 0.3) is 0 Å². The molecular formula is C22H25FN2O3. The summed E-state index contributed by atoms with van der Waals surface area (Å²) in [5.74, 6) is -0.0926. The summed E-state index contributed by atoms with van der Waals surface area (Å²) in [7, 11) is 0. The number of ether oxygens (including phenoxy) is 1. The third-order valence-electron chi connectivity index (χ3n) is 4.86. The average molecular weight is 384 g/mol. The molecule has 0 aliphatic carbocycles. The molecule has 28 heavy (non-hydrogen) atoms. The van der Waals surface area contributed by atoms with Crippen molar-refractivity contribution in [3.63, 3.8) is 0 Å². The molecule has 5 nitrogen and oxygen atoms in total. The van der Waals surface area contributed by atoms with Gasteiger partial charge >= 0.3 is 0 Å². The minimum atomic E-state index is -2.04. The van der Waals surface area contributed by atoms with Crippen molar-refractivity contribution in [3.05, 3.63) is 65.7 Å². The predicted molar refractivity (Wildman–Crippen MR) is 105 cm³/mol. The molecule has 3 rings (SSSR count). The topological polar surface area (TPSA) is 58.6 Å². The van der Waals surface area contributed by atoms with E-state index in [1.807, 2.05) is 61.5 Å². The summed E-state index contributed by atoms with van der Waals surface area (Å²) in [6, 6.07) is 16.6. The van der Waals surface area contributed by atoms with Gasteiger partial charge in [-0.1, -0.05) is 42.5 Å². The largest absolute Gasteiger partial charge is 0.494 e. The van der Waals surface area contributed by atoms with Crippen LogP contribution in [0.15, 0.2) is 54.6 Å². The number of carbonyl (C=O) groups excluding carboxylic acids is 2. The van der Waals surface area contributed by atoms with Gasteiger partial charge in [0.1, 0.15) is 5.75 Å². The molecule has 6 heteroatoms. The first-order valence-electron chi connectivity index (χ1n) is 9.51. The molecule has 2 aromatic rings. The van der Waals surface area contributed by atoms with Gasteiger partial charge in [0, 0.05) is 19.5 Å². The summed E-state index contributed by atoms with van der Waals surface area (Å²) in [5.41, 5.74) is -0.303. The van der Waals surface area contributed by atoms with Gasteiger partial charge in [-0.3, -0.25) is 9.59 Å². The number of carbonyl (C=O) groups is 2. The first-order valence-corrected chi connectivity index (χ1v) is 9.51. The van der Waals surface area contributed by atoms with Crippen LogP contribution in [-0.4, -0.2) is 42.1 Å². The standard InChI is InChI=1S/C22H25FN2O3/c1-2-28-19-10-8-17(9-11-19)14-20(26)25-13-12-22(23,16-25)21(27)24-15-18-6-4-3-5-7-18/h3-11H,2,12-16H2,1H3,(H,24,27). The van der Waals surface area contributed by atoms with Gasteiger partial charge in [0.05, 0.1) is 19.6 Å². The highest BCUT2D eigenvalue weighted by Crippen LogP contribution is 2.27. The molecular weight excluding hydrogens is 359 g/mol. The van der Waals surface area contributed by atoms with E-state index in [0.717, 1.165) is 16.9 Å². The molecule has 0 spiro atoms. The Morgan fingerprint density at radius 3 is 2.50 bits per heavy atom. The number of benzene rings is 2. The molecule has 1 unspecified atom stereocenters. The van der Waals surface area contributed by atoms with E-state index >= 15 is 4.39 Å². The average Bonchev–Trinajstić information content (AvgIpc) is 3.12. The normalized spacial score (nSPS) is 18.7. The minimum Gasteiger partial charge on any atom is -0.494 e. The summed E-state index contributed by atoms with van der Waals surface area (Å²) in [6.45, 7) is 2.79. The van der Waals surface area contributed by atoms with Crippen LogP contribution in [0.1, 0.15) is 24.5 Å². The Labute approximate surface area is 164 Å². The predicted octanol–water partition coefficient (Wildman–Crippen LogP) is 2.88. The summed E-state index contributed by atoms with van der Waals surface area (Å²) in [5, 5.41) is 2.64. The fraction of sp³-hybridized carbons (Fsp3) is 0.364. The zero-order valence-electron chi connectivity index (χ0n) is 16.0. The Kier molecular flexibility index (Phi) is 6.29. The van der Waals surface area contributed by atoms with Gasteiger partial charge in [-0.25, -0.2) is 4.39 Å². The molecule has 1 N–H and O–H groups in total. The van der Waals surface area contributed by atoms with Crippen molar-refractivity contribution in [1.29, 1.82) is 0 Å². The van der Waals surface area contributed by atoms with Crippen LogP contribution in [0.4, 0.5) is 4.39 Å². The van der Waals surface area contributed by atoms with Crippen LogP contribution in [0.5, 0.6) is 5.75 Å². The Balaban J connectivity index is 1.52. The lowest BCUT2D eigenvalue weighted by atomic mass is 10.0. The second kappa shape index (κ2) is 8.87. The second-order valence-corrected chi connectivity index (χ2v) is 6.95. The first kappa shape index (κ1) is 19.9. The van der Waals surface area contributed by atoms with Gasteiger partial charge < -0.3 is 15.0 Å². The number of nitrogens with one attached hydrogen (secondary N) is 1. The molecule has 1 aliphatic heterocycles. The molecule has 1 aliphatic rings. The summed E-state index contributed by atoms with van der Waals surface area (Å²) in [4.78, 5) is 26.3. The maximum atomic E-state index is 15.1. The second-order valence-electron chi connectivity index (χ2n) is 6.95. The summed E-state index contributed by atoms with van der Waals surface area (Å²) in [6.07, 6.45) is 0.191. The van der Waals surface area contributed by atoms with Crippen molar-refractivity contribution >= 4 is 11.8 Å². The lowest BCUT2D eigenvalue weighted by molar-refractivity contribution is -0.134. The quantitative estimate of drug-likeness (QED) is 0.799. The molecule has 1 fully saturated rings. The Morgan fingerprint density at radius 1 is 1.11 bits per heavy atom. The van der Waals surface area contributed by atoms with E-state index < -0.39 is 11.6 Å².